The van der Waals surface area contributed by atoms with E-state index in [1.54, 1.807) is 24.3 Å². The summed E-state index contributed by atoms with van der Waals surface area (Å²) in [4.78, 5) is 0. The molecule has 1 aromatic rings. The van der Waals surface area contributed by atoms with Gasteiger partial charge in [-0.25, -0.2) is 0 Å². The molecule has 2 nitrogen and oxygen atoms in total. The second-order valence-corrected chi connectivity index (χ2v) is 2.30. The Morgan fingerprint density at radius 1 is 1.36 bits per heavy atom. The van der Waals surface area contributed by atoms with E-state index in [2.05, 4.69) is 0 Å². The Balaban J connectivity index is 0.000001000. The van der Waals surface area contributed by atoms with Gasteiger partial charge in [0.05, 0.1) is 5.02 Å². The molecule has 0 radical (unpaired) electrons. The number of halogens is 2. The summed E-state index contributed by atoms with van der Waals surface area (Å²) in [5, 5.41) is 7.59. The molecule has 1 aromatic carbocycles. The molecule has 0 fully saturated rings. The molecule has 11 heavy (non-hydrogen) atoms. The average molecular weight is 236 g/mol. The molecule has 60 valence electrons. The monoisotopic (exact) mass is 234 g/mol. The standard InChI is InChI=1S/C7H7ClN2.BrH/c8-6-4-2-1-3-5(6)7(9)10;/h1-4H,(H3,9,10);1H. The van der Waals surface area contributed by atoms with Gasteiger partial charge in [-0.1, -0.05) is 23.7 Å². The highest BCUT2D eigenvalue weighted by molar-refractivity contribution is 8.93. The number of amidine groups is 1. The molecule has 0 aliphatic rings. The van der Waals surface area contributed by atoms with E-state index in [9.17, 15) is 0 Å². The van der Waals surface area contributed by atoms with Crippen molar-refractivity contribution in [3.8, 4) is 0 Å². The molecule has 0 saturated carbocycles. The maximum absolute atomic E-state index is 7.07. The van der Waals surface area contributed by atoms with Gasteiger partial charge in [0.1, 0.15) is 5.84 Å². The van der Waals surface area contributed by atoms with Gasteiger partial charge in [-0.3, -0.25) is 5.41 Å². The van der Waals surface area contributed by atoms with Gasteiger partial charge in [-0.15, -0.1) is 17.0 Å². The van der Waals surface area contributed by atoms with Crippen LogP contribution >= 0.6 is 28.6 Å². The van der Waals surface area contributed by atoms with Crippen LogP contribution in [0.3, 0.4) is 0 Å². The fourth-order valence-electron chi connectivity index (χ4n) is 0.680. The van der Waals surface area contributed by atoms with E-state index in [0.717, 1.165) is 0 Å². The second kappa shape index (κ2) is 4.36. The number of hydrogen-bond acceptors (Lipinski definition) is 1. The molecular formula is C7H8BrClN2. The molecule has 3 N–H and O–H groups in total. The van der Waals surface area contributed by atoms with Crippen LogP contribution in [0.4, 0.5) is 0 Å². The molecule has 0 spiro atoms. The van der Waals surface area contributed by atoms with E-state index in [4.69, 9.17) is 22.7 Å². The van der Waals surface area contributed by atoms with Crippen molar-refractivity contribution in [2.45, 2.75) is 0 Å². The summed E-state index contributed by atoms with van der Waals surface area (Å²) in [6.07, 6.45) is 0. The molecule has 0 saturated heterocycles. The first kappa shape index (κ1) is 10.5. The smallest absolute Gasteiger partial charge is 0.124 e. The van der Waals surface area contributed by atoms with Crippen LogP contribution < -0.4 is 5.73 Å². The number of nitrogens with one attached hydrogen (secondary N) is 1. The summed E-state index contributed by atoms with van der Waals surface area (Å²) in [6, 6.07) is 7.01. The van der Waals surface area contributed by atoms with E-state index in [1.165, 1.54) is 0 Å². The van der Waals surface area contributed by atoms with Crippen molar-refractivity contribution in [3.05, 3.63) is 34.9 Å². The summed E-state index contributed by atoms with van der Waals surface area (Å²) < 4.78 is 0. The fourth-order valence-corrected chi connectivity index (χ4v) is 0.917. The van der Waals surface area contributed by atoms with E-state index in [0.29, 0.717) is 10.6 Å². The Bertz CT molecular complexity index is 262. The number of nitrogen functional groups attached to an aromatic ring is 1. The Morgan fingerprint density at radius 2 is 1.91 bits per heavy atom. The maximum atomic E-state index is 7.07. The second-order valence-electron chi connectivity index (χ2n) is 1.89. The van der Waals surface area contributed by atoms with Crippen molar-refractivity contribution in [1.29, 1.82) is 5.41 Å². The third-order valence-electron chi connectivity index (χ3n) is 1.16. The van der Waals surface area contributed by atoms with Crippen LogP contribution in [0.5, 0.6) is 0 Å². The van der Waals surface area contributed by atoms with Gasteiger partial charge in [0.15, 0.2) is 0 Å². The van der Waals surface area contributed by atoms with E-state index in [-0.39, 0.29) is 22.8 Å². The van der Waals surface area contributed by atoms with Crippen molar-refractivity contribution in [2.75, 3.05) is 0 Å². The van der Waals surface area contributed by atoms with E-state index in [1.807, 2.05) is 0 Å². The molecule has 0 aliphatic carbocycles. The number of rotatable bonds is 1. The zero-order valence-corrected chi connectivity index (χ0v) is 8.14. The first-order valence-corrected chi connectivity index (χ1v) is 3.18. The van der Waals surface area contributed by atoms with Crippen LogP contribution in [0.1, 0.15) is 5.56 Å². The lowest BCUT2D eigenvalue weighted by atomic mass is 10.2. The summed E-state index contributed by atoms with van der Waals surface area (Å²) in [6.45, 7) is 0. The molecule has 0 unspecified atom stereocenters. The molecule has 0 aromatic heterocycles. The van der Waals surface area contributed by atoms with Gasteiger partial charge in [0, 0.05) is 5.56 Å². The summed E-state index contributed by atoms with van der Waals surface area (Å²) >= 11 is 5.70. The van der Waals surface area contributed by atoms with Gasteiger partial charge < -0.3 is 5.73 Å². The molecule has 0 bridgehead atoms. The van der Waals surface area contributed by atoms with Crippen LogP contribution in [0.15, 0.2) is 24.3 Å². The lowest BCUT2D eigenvalue weighted by Crippen LogP contribution is -2.11. The highest BCUT2D eigenvalue weighted by atomic mass is 79.9. The van der Waals surface area contributed by atoms with Crippen molar-refractivity contribution >= 4 is 34.4 Å². The average Bonchev–Trinajstić information content (AvgIpc) is 1.88. The SMILES string of the molecule is Br.N=C(N)c1ccccc1Cl. The zero-order valence-electron chi connectivity index (χ0n) is 5.67. The van der Waals surface area contributed by atoms with Crippen LogP contribution in [0, 0.1) is 5.41 Å². The van der Waals surface area contributed by atoms with Gasteiger partial charge in [-0.2, -0.15) is 0 Å². The molecule has 0 heterocycles. The summed E-state index contributed by atoms with van der Waals surface area (Å²) in [7, 11) is 0. The number of hydrogen-bond donors (Lipinski definition) is 2. The lowest BCUT2D eigenvalue weighted by molar-refractivity contribution is 1.42. The highest BCUT2D eigenvalue weighted by Gasteiger charge is 1.98. The third kappa shape index (κ3) is 2.52. The van der Waals surface area contributed by atoms with Gasteiger partial charge in [0.25, 0.3) is 0 Å². The maximum Gasteiger partial charge on any atom is 0.124 e. The predicted octanol–water partition coefficient (Wildman–Crippen LogP) is 2.20. The Morgan fingerprint density at radius 3 is 2.27 bits per heavy atom. The van der Waals surface area contributed by atoms with Crippen molar-refractivity contribution in [1.82, 2.24) is 0 Å². The molecule has 1 rings (SSSR count). The molecule has 0 amide bonds. The third-order valence-corrected chi connectivity index (χ3v) is 1.49. The van der Waals surface area contributed by atoms with Crippen LogP contribution in [-0.4, -0.2) is 5.84 Å². The predicted molar refractivity (Wildman–Crippen MR) is 52.8 cm³/mol. The van der Waals surface area contributed by atoms with Gasteiger partial charge in [0.2, 0.25) is 0 Å². The Kier molecular flexibility index (Phi) is 4.15. The summed E-state index contributed by atoms with van der Waals surface area (Å²) in [5.74, 6) is 0.00519. The Labute approximate surface area is 80.6 Å². The largest absolute Gasteiger partial charge is 0.384 e. The first-order valence-electron chi connectivity index (χ1n) is 2.81. The first-order chi connectivity index (χ1) is 4.72. The summed E-state index contributed by atoms with van der Waals surface area (Å²) in [5.41, 5.74) is 5.80. The lowest BCUT2D eigenvalue weighted by Gasteiger charge is -1.98. The molecule has 0 atom stereocenters. The molecular weight excluding hydrogens is 227 g/mol. The number of benzene rings is 1. The Hall–Kier alpha value is -0.540. The van der Waals surface area contributed by atoms with Crippen molar-refractivity contribution < 1.29 is 0 Å². The van der Waals surface area contributed by atoms with E-state index < -0.39 is 0 Å². The van der Waals surface area contributed by atoms with Crippen molar-refractivity contribution in [2.24, 2.45) is 5.73 Å². The normalized spacial score (nSPS) is 8.45. The molecule has 0 aliphatic heterocycles. The quantitative estimate of drug-likeness (QED) is 0.569. The highest BCUT2D eigenvalue weighted by Crippen LogP contribution is 2.13. The minimum absolute atomic E-state index is 0. The van der Waals surface area contributed by atoms with E-state index >= 15 is 0 Å². The number of nitrogens with two attached hydrogens (primary N) is 1. The van der Waals surface area contributed by atoms with Gasteiger partial charge >= 0.3 is 0 Å². The van der Waals surface area contributed by atoms with Crippen LogP contribution in [0.25, 0.3) is 0 Å². The van der Waals surface area contributed by atoms with Crippen LogP contribution in [0.2, 0.25) is 5.02 Å². The minimum atomic E-state index is 0. The van der Waals surface area contributed by atoms with Gasteiger partial charge in [-0.05, 0) is 12.1 Å². The molecule has 4 heteroatoms. The van der Waals surface area contributed by atoms with Crippen molar-refractivity contribution in [3.63, 3.8) is 0 Å². The van der Waals surface area contributed by atoms with Crippen LogP contribution in [-0.2, 0) is 0 Å². The topological polar surface area (TPSA) is 49.9 Å². The zero-order chi connectivity index (χ0) is 7.56. The minimum Gasteiger partial charge on any atom is -0.384 e. The fraction of sp³-hybridized carbons (Fsp3) is 0.